The highest BCUT2D eigenvalue weighted by Gasteiger charge is 2.53. The van der Waals surface area contributed by atoms with Crippen molar-refractivity contribution in [2.45, 2.75) is 38.4 Å². The Morgan fingerprint density at radius 2 is 2.00 bits per heavy atom. The van der Waals surface area contributed by atoms with Gasteiger partial charge in [-0.25, -0.2) is 0 Å². The van der Waals surface area contributed by atoms with Crippen molar-refractivity contribution in [1.29, 1.82) is 0 Å². The molecule has 2 aliphatic carbocycles. The topological polar surface area (TPSA) is 41.5 Å². The van der Waals surface area contributed by atoms with Crippen LogP contribution < -0.4 is 5.32 Å². The lowest BCUT2D eigenvalue weighted by atomic mass is 10.0. The zero-order valence-corrected chi connectivity index (χ0v) is 13.1. The van der Waals surface area contributed by atoms with Gasteiger partial charge >= 0.3 is 0 Å². The molecular weight excluding hydrogens is 286 g/mol. The van der Waals surface area contributed by atoms with Crippen LogP contribution in [0, 0.1) is 11.3 Å². The number of ether oxygens (including phenoxy) is 1. The summed E-state index contributed by atoms with van der Waals surface area (Å²) in [5.74, 6) is 0.961. The van der Waals surface area contributed by atoms with Crippen LogP contribution in [0.15, 0.2) is 24.3 Å². The largest absolute Gasteiger partial charge is 0.389 e. The first kappa shape index (κ1) is 15.3. The van der Waals surface area contributed by atoms with Gasteiger partial charge in [0.2, 0.25) is 0 Å². The second-order valence-electron chi connectivity index (χ2n) is 6.56. The lowest BCUT2D eigenvalue weighted by Gasteiger charge is -2.17. The van der Waals surface area contributed by atoms with Gasteiger partial charge in [0.15, 0.2) is 0 Å². The highest BCUT2D eigenvalue weighted by atomic mass is 35.5. The van der Waals surface area contributed by atoms with E-state index in [2.05, 4.69) is 5.32 Å². The van der Waals surface area contributed by atoms with E-state index >= 15 is 0 Å². The Balaban J connectivity index is 1.28. The first-order valence-electron chi connectivity index (χ1n) is 7.89. The first-order valence-corrected chi connectivity index (χ1v) is 8.27. The second kappa shape index (κ2) is 6.66. The van der Waals surface area contributed by atoms with E-state index in [-0.39, 0.29) is 0 Å². The number of rotatable bonds is 9. The molecule has 0 amide bonds. The molecule has 21 heavy (non-hydrogen) atoms. The number of nitrogens with one attached hydrogen (secondary N) is 1. The molecule has 0 radical (unpaired) electrons. The SMILES string of the molecule is OC(CNCC1(C2CC2)CC1)COCc1ccc(Cl)cc1. The third-order valence-electron chi connectivity index (χ3n) is 4.68. The summed E-state index contributed by atoms with van der Waals surface area (Å²) < 4.78 is 5.55. The molecule has 2 aliphatic rings. The molecule has 0 aromatic heterocycles. The molecule has 1 atom stereocenters. The average molecular weight is 310 g/mol. The van der Waals surface area contributed by atoms with Crippen molar-refractivity contribution in [3.63, 3.8) is 0 Å². The molecule has 4 heteroatoms. The number of aliphatic hydroxyl groups excluding tert-OH is 1. The Kier molecular flexibility index (Phi) is 4.85. The average Bonchev–Trinajstić information content (AvgIpc) is 3.34. The summed E-state index contributed by atoms with van der Waals surface area (Å²) in [6, 6.07) is 7.59. The number of hydrogen-bond donors (Lipinski definition) is 2. The van der Waals surface area contributed by atoms with Crippen molar-refractivity contribution in [3.05, 3.63) is 34.9 Å². The van der Waals surface area contributed by atoms with Gasteiger partial charge in [0, 0.05) is 18.1 Å². The van der Waals surface area contributed by atoms with E-state index in [1.54, 1.807) is 0 Å². The monoisotopic (exact) mass is 309 g/mol. The van der Waals surface area contributed by atoms with Crippen molar-refractivity contribution >= 4 is 11.6 Å². The minimum absolute atomic E-state index is 0.367. The molecule has 1 aromatic rings. The lowest BCUT2D eigenvalue weighted by Crippen LogP contribution is -2.34. The zero-order valence-electron chi connectivity index (χ0n) is 12.4. The lowest BCUT2D eigenvalue weighted by molar-refractivity contribution is 0.0282. The molecule has 0 saturated heterocycles. The molecule has 3 nitrogen and oxygen atoms in total. The van der Waals surface area contributed by atoms with Crippen LogP contribution in [0.3, 0.4) is 0 Å². The van der Waals surface area contributed by atoms with Crippen molar-refractivity contribution in [3.8, 4) is 0 Å². The Morgan fingerprint density at radius 3 is 2.62 bits per heavy atom. The molecule has 3 rings (SSSR count). The maximum atomic E-state index is 9.93. The normalized spacial score (nSPS) is 21.2. The van der Waals surface area contributed by atoms with Crippen LogP contribution in [0.25, 0.3) is 0 Å². The molecule has 116 valence electrons. The van der Waals surface area contributed by atoms with Gasteiger partial charge in [-0.05, 0) is 54.7 Å². The van der Waals surface area contributed by atoms with Gasteiger partial charge in [0.05, 0.1) is 19.3 Å². The predicted molar refractivity (Wildman–Crippen MR) is 84.4 cm³/mol. The van der Waals surface area contributed by atoms with Gasteiger partial charge in [-0.1, -0.05) is 23.7 Å². The van der Waals surface area contributed by atoms with Crippen LogP contribution in [0.4, 0.5) is 0 Å². The smallest absolute Gasteiger partial charge is 0.0897 e. The van der Waals surface area contributed by atoms with Gasteiger partial charge in [0.25, 0.3) is 0 Å². The molecule has 2 N–H and O–H groups in total. The fourth-order valence-corrected chi connectivity index (χ4v) is 3.15. The van der Waals surface area contributed by atoms with E-state index in [1.165, 1.54) is 25.7 Å². The van der Waals surface area contributed by atoms with Gasteiger partial charge in [-0.2, -0.15) is 0 Å². The van der Waals surface area contributed by atoms with E-state index in [0.29, 0.717) is 25.2 Å². The first-order chi connectivity index (χ1) is 10.2. The Labute approximate surface area is 131 Å². The van der Waals surface area contributed by atoms with Crippen molar-refractivity contribution in [2.24, 2.45) is 11.3 Å². The highest BCUT2D eigenvalue weighted by molar-refractivity contribution is 6.30. The van der Waals surface area contributed by atoms with E-state index < -0.39 is 6.10 Å². The molecule has 1 aromatic carbocycles. The minimum atomic E-state index is -0.438. The Morgan fingerprint density at radius 1 is 1.29 bits per heavy atom. The zero-order chi connectivity index (χ0) is 14.7. The fraction of sp³-hybridized carbons (Fsp3) is 0.647. The summed E-state index contributed by atoms with van der Waals surface area (Å²) in [4.78, 5) is 0. The molecular formula is C17H24ClNO2. The molecule has 0 spiro atoms. The van der Waals surface area contributed by atoms with Gasteiger partial charge in [-0.3, -0.25) is 0 Å². The summed E-state index contributed by atoms with van der Waals surface area (Å²) in [6.07, 6.45) is 5.12. The molecule has 0 bridgehead atoms. The summed E-state index contributed by atoms with van der Waals surface area (Å²) in [5.41, 5.74) is 1.66. The van der Waals surface area contributed by atoms with Crippen molar-refractivity contribution in [1.82, 2.24) is 5.32 Å². The fourth-order valence-electron chi connectivity index (χ4n) is 3.03. The standard InChI is InChI=1S/C17H24ClNO2/c18-15-5-1-13(2-6-15)10-21-11-16(20)9-19-12-17(7-8-17)14-3-4-14/h1-2,5-6,14,16,19-20H,3-4,7-12H2. The van der Waals surface area contributed by atoms with Crippen LogP contribution in [0.1, 0.15) is 31.2 Å². The summed E-state index contributed by atoms with van der Waals surface area (Å²) in [6.45, 7) is 2.56. The minimum Gasteiger partial charge on any atom is -0.389 e. The molecule has 1 unspecified atom stereocenters. The molecule has 2 fully saturated rings. The highest BCUT2D eigenvalue weighted by Crippen LogP contribution is 2.60. The van der Waals surface area contributed by atoms with E-state index in [0.717, 1.165) is 23.0 Å². The predicted octanol–water partition coefficient (Wildman–Crippen LogP) is 3.00. The van der Waals surface area contributed by atoms with Crippen LogP contribution in [-0.2, 0) is 11.3 Å². The summed E-state index contributed by atoms with van der Waals surface area (Å²) in [5, 5.41) is 14.1. The van der Waals surface area contributed by atoms with Crippen LogP contribution in [0.5, 0.6) is 0 Å². The third-order valence-corrected chi connectivity index (χ3v) is 4.94. The maximum Gasteiger partial charge on any atom is 0.0897 e. The molecule has 0 aliphatic heterocycles. The van der Waals surface area contributed by atoms with Crippen LogP contribution >= 0.6 is 11.6 Å². The summed E-state index contributed by atoms with van der Waals surface area (Å²) >= 11 is 5.83. The third kappa shape index (κ3) is 4.43. The van der Waals surface area contributed by atoms with Gasteiger partial charge in [0.1, 0.15) is 0 Å². The van der Waals surface area contributed by atoms with Gasteiger partial charge < -0.3 is 15.2 Å². The van der Waals surface area contributed by atoms with Crippen molar-refractivity contribution < 1.29 is 9.84 Å². The number of hydrogen-bond acceptors (Lipinski definition) is 3. The summed E-state index contributed by atoms with van der Waals surface area (Å²) in [7, 11) is 0. The number of benzene rings is 1. The van der Waals surface area contributed by atoms with Gasteiger partial charge in [-0.15, -0.1) is 0 Å². The molecule has 0 heterocycles. The van der Waals surface area contributed by atoms with E-state index in [9.17, 15) is 5.11 Å². The van der Waals surface area contributed by atoms with E-state index in [4.69, 9.17) is 16.3 Å². The number of aliphatic hydroxyl groups is 1. The van der Waals surface area contributed by atoms with Crippen LogP contribution in [-0.4, -0.2) is 30.9 Å². The quantitative estimate of drug-likeness (QED) is 0.737. The second-order valence-corrected chi connectivity index (χ2v) is 7.00. The number of halogens is 1. The Hall–Kier alpha value is -0.610. The molecule has 2 saturated carbocycles. The van der Waals surface area contributed by atoms with E-state index in [1.807, 2.05) is 24.3 Å². The maximum absolute atomic E-state index is 9.93. The van der Waals surface area contributed by atoms with Crippen LogP contribution in [0.2, 0.25) is 5.02 Å². The Bertz CT molecular complexity index is 454. The van der Waals surface area contributed by atoms with Crippen molar-refractivity contribution in [2.75, 3.05) is 19.7 Å².